The van der Waals surface area contributed by atoms with Crippen molar-refractivity contribution in [1.82, 2.24) is 24.5 Å². The lowest BCUT2D eigenvalue weighted by molar-refractivity contribution is 0.737. The van der Waals surface area contributed by atoms with Crippen LogP contribution in [0.15, 0.2) is 78.1 Å². The summed E-state index contributed by atoms with van der Waals surface area (Å²) >= 11 is 0. The molecule has 0 aliphatic carbocycles. The lowest BCUT2D eigenvalue weighted by Crippen LogP contribution is -2.04. The maximum Gasteiger partial charge on any atom is 0.255 e. The van der Waals surface area contributed by atoms with E-state index in [2.05, 4.69) is 55.8 Å². The second-order valence-corrected chi connectivity index (χ2v) is 7.54. The van der Waals surface area contributed by atoms with Crippen molar-refractivity contribution in [1.29, 1.82) is 0 Å². The Kier molecular flexibility index (Phi) is 4.99. The third-order valence-corrected chi connectivity index (χ3v) is 5.56. The zero-order valence-electron chi connectivity index (χ0n) is 17.8. The molecule has 5 aromatic rings. The predicted molar refractivity (Wildman–Crippen MR) is 127 cm³/mol. The molecule has 0 spiro atoms. The number of H-pyrrole nitrogens is 1. The van der Waals surface area contributed by atoms with E-state index in [-0.39, 0.29) is 5.56 Å². The van der Waals surface area contributed by atoms with Gasteiger partial charge in [0.2, 0.25) is 0 Å². The van der Waals surface area contributed by atoms with E-state index in [1.54, 1.807) is 18.5 Å². The predicted octanol–water partition coefficient (Wildman–Crippen LogP) is 4.92. The number of aromatic amines is 1. The van der Waals surface area contributed by atoms with E-state index in [9.17, 15) is 4.79 Å². The summed E-state index contributed by atoms with van der Waals surface area (Å²) in [7, 11) is 0. The smallest absolute Gasteiger partial charge is 0.255 e. The van der Waals surface area contributed by atoms with Gasteiger partial charge in [0.25, 0.3) is 5.56 Å². The monoisotopic (exact) mass is 422 g/mol. The standard InChI is InChI=1S/C25H22N6O/c1-3-31-15-28-23(16(31)2)17-4-6-18(7-5-17)24-26-13-11-22(30-24)29-20-8-9-21-19(14-20)10-12-27-25(21)32/h4-15H,3H2,1-2H3,(H,27,32)(H,26,29,30). The summed E-state index contributed by atoms with van der Waals surface area (Å²) in [5.41, 5.74) is 4.89. The fraction of sp³-hybridized carbons (Fsp3) is 0.120. The molecule has 0 aliphatic rings. The second-order valence-electron chi connectivity index (χ2n) is 7.54. The van der Waals surface area contributed by atoms with Crippen molar-refractivity contribution in [2.45, 2.75) is 20.4 Å². The van der Waals surface area contributed by atoms with Crippen LogP contribution in [-0.4, -0.2) is 24.5 Å². The second kappa shape index (κ2) is 8.11. The number of benzene rings is 2. The largest absolute Gasteiger partial charge is 0.340 e. The van der Waals surface area contributed by atoms with Gasteiger partial charge in [-0.3, -0.25) is 4.79 Å². The molecule has 0 fully saturated rings. The van der Waals surface area contributed by atoms with E-state index in [0.29, 0.717) is 17.0 Å². The molecule has 3 aromatic heterocycles. The van der Waals surface area contributed by atoms with Crippen LogP contribution < -0.4 is 10.9 Å². The number of hydrogen-bond donors (Lipinski definition) is 2. The third kappa shape index (κ3) is 3.65. The summed E-state index contributed by atoms with van der Waals surface area (Å²) in [4.78, 5) is 28.2. The fourth-order valence-corrected chi connectivity index (χ4v) is 3.81. The number of aryl methyl sites for hydroxylation is 1. The van der Waals surface area contributed by atoms with Crippen molar-refractivity contribution in [3.63, 3.8) is 0 Å². The molecule has 0 radical (unpaired) electrons. The molecule has 7 nitrogen and oxygen atoms in total. The van der Waals surface area contributed by atoms with Gasteiger partial charge in [-0.15, -0.1) is 0 Å². The maximum absolute atomic E-state index is 11.9. The summed E-state index contributed by atoms with van der Waals surface area (Å²) in [6.45, 7) is 5.09. The Labute approximate surface area is 184 Å². The molecule has 7 heteroatoms. The number of hydrogen-bond acceptors (Lipinski definition) is 5. The molecule has 32 heavy (non-hydrogen) atoms. The van der Waals surface area contributed by atoms with Crippen molar-refractivity contribution >= 4 is 22.3 Å². The molecular weight excluding hydrogens is 400 g/mol. The van der Waals surface area contributed by atoms with Crippen molar-refractivity contribution in [2.24, 2.45) is 0 Å². The summed E-state index contributed by atoms with van der Waals surface area (Å²) < 4.78 is 2.13. The van der Waals surface area contributed by atoms with Crippen LogP contribution in [0, 0.1) is 6.92 Å². The zero-order valence-corrected chi connectivity index (χ0v) is 17.8. The van der Waals surface area contributed by atoms with E-state index in [4.69, 9.17) is 0 Å². The number of aromatic nitrogens is 5. The Bertz CT molecular complexity index is 1470. The number of pyridine rings is 1. The summed E-state index contributed by atoms with van der Waals surface area (Å²) in [5.74, 6) is 1.32. The van der Waals surface area contributed by atoms with Crippen LogP contribution in [0.4, 0.5) is 11.5 Å². The highest BCUT2D eigenvalue weighted by molar-refractivity contribution is 5.85. The van der Waals surface area contributed by atoms with E-state index in [1.807, 2.05) is 42.7 Å². The highest BCUT2D eigenvalue weighted by atomic mass is 16.1. The van der Waals surface area contributed by atoms with Crippen LogP contribution in [-0.2, 0) is 6.54 Å². The van der Waals surface area contributed by atoms with Gasteiger partial charge in [0.1, 0.15) is 5.82 Å². The summed E-state index contributed by atoms with van der Waals surface area (Å²) in [5, 5.41) is 4.82. The quantitative estimate of drug-likeness (QED) is 0.420. The van der Waals surface area contributed by atoms with Crippen LogP contribution in [0.2, 0.25) is 0 Å². The lowest BCUT2D eigenvalue weighted by Gasteiger charge is -2.09. The van der Waals surface area contributed by atoms with E-state index in [1.165, 1.54) is 0 Å². The first-order valence-corrected chi connectivity index (χ1v) is 10.5. The molecule has 2 N–H and O–H groups in total. The van der Waals surface area contributed by atoms with Crippen LogP contribution in [0.1, 0.15) is 12.6 Å². The minimum atomic E-state index is -0.0986. The van der Waals surface area contributed by atoms with Gasteiger partial charge < -0.3 is 14.9 Å². The Morgan fingerprint density at radius 3 is 2.59 bits per heavy atom. The molecular formula is C25H22N6O. The van der Waals surface area contributed by atoms with Crippen molar-refractivity contribution in [2.75, 3.05) is 5.32 Å². The zero-order chi connectivity index (χ0) is 22.1. The molecule has 2 aromatic carbocycles. The molecule has 0 atom stereocenters. The van der Waals surface area contributed by atoms with Crippen molar-refractivity contribution < 1.29 is 0 Å². The van der Waals surface area contributed by atoms with Gasteiger partial charge in [-0.05, 0) is 49.6 Å². The Hall–Kier alpha value is -4.26. The minimum Gasteiger partial charge on any atom is -0.340 e. The van der Waals surface area contributed by atoms with Crippen molar-refractivity contribution in [3.8, 4) is 22.6 Å². The van der Waals surface area contributed by atoms with Gasteiger partial charge in [0.15, 0.2) is 5.82 Å². The Morgan fingerprint density at radius 1 is 1.00 bits per heavy atom. The molecule has 158 valence electrons. The van der Waals surface area contributed by atoms with Gasteiger partial charge in [0.05, 0.1) is 12.0 Å². The number of imidazole rings is 1. The van der Waals surface area contributed by atoms with Gasteiger partial charge >= 0.3 is 0 Å². The first kappa shape index (κ1) is 19.7. The molecule has 0 saturated carbocycles. The number of nitrogens with zero attached hydrogens (tertiary/aromatic N) is 4. The minimum absolute atomic E-state index is 0.0986. The average Bonchev–Trinajstić information content (AvgIpc) is 3.20. The highest BCUT2D eigenvalue weighted by Crippen LogP contribution is 2.26. The van der Waals surface area contributed by atoms with Gasteiger partial charge in [-0.1, -0.05) is 24.3 Å². The molecule has 0 aliphatic heterocycles. The molecule has 0 bridgehead atoms. The van der Waals surface area contributed by atoms with Gasteiger partial charge in [-0.25, -0.2) is 15.0 Å². The molecule has 0 amide bonds. The average molecular weight is 422 g/mol. The van der Waals surface area contributed by atoms with E-state index < -0.39 is 0 Å². The van der Waals surface area contributed by atoms with Crippen LogP contribution in [0.3, 0.4) is 0 Å². The van der Waals surface area contributed by atoms with Crippen LogP contribution in [0.25, 0.3) is 33.4 Å². The van der Waals surface area contributed by atoms with E-state index in [0.717, 1.165) is 40.1 Å². The van der Waals surface area contributed by atoms with Gasteiger partial charge in [0, 0.05) is 46.8 Å². The Morgan fingerprint density at radius 2 is 1.81 bits per heavy atom. The summed E-state index contributed by atoms with van der Waals surface area (Å²) in [6.07, 6.45) is 5.26. The number of anilines is 2. The number of rotatable bonds is 5. The molecule has 5 rings (SSSR count). The Balaban J connectivity index is 1.40. The first-order chi connectivity index (χ1) is 15.6. The fourth-order valence-electron chi connectivity index (χ4n) is 3.81. The van der Waals surface area contributed by atoms with Crippen LogP contribution >= 0.6 is 0 Å². The normalized spacial score (nSPS) is 11.1. The van der Waals surface area contributed by atoms with Crippen LogP contribution in [0.5, 0.6) is 0 Å². The third-order valence-electron chi connectivity index (χ3n) is 5.56. The number of fused-ring (bicyclic) bond motifs is 1. The topological polar surface area (TPSA) is 88.5 Å². The molecule has 0 saturated heterocycles. The van der Waals surface area contributed by atoms with Crippen molar-refractivity contribution in [3.05, 3.63) is 89.4 Å². The van der Waals surface area contributed by atoms with Gasteiger partial charge in [-0.2, -0.15) is 0 Å². The molecule has 3 heterocycles. The lowest BCUT2D eigenvalue weighted by atomic mass is 10.1. The highest BCUT2D eigenvalue weighted by Gasteiger charge is 2.10. The molecule has 0 unspecified atom stereocenters. The summed E-state index contributed by atoms with van der Waals surface area (Å²) in [6, 6.07) is 17.4. The number of nitrogens with one attached hydrogen (secondary N) is 2. The van der Waals surface area contributed by atoms with E-state index >= 15 is 0 Å². The SMILES string of the molecule is CCn1cnc(-c2ccc(-c3nccc(Nc4ccc5c(=O)[nH]ccc5c4)n3)cc2)c1C. The first-order valence-electron chi connectivity index (χ1n) is 10.5. The maximum atomic E-state index is 11.9.